The molecule has 0 amide bonds. The molecule has 0 aromatic rings. The second-order valence-corrected chi connectivity index (χ2v) is 10.1. The van der Waals surface area contributed by atoms with Crippen molar-refractivity contribution in [1.82, 2.24) is 10.2 Å². The smallest absolute Gasteiger partial charge is 0.156 e. The summed E-state index contributed by atoms with van der Waals surface area (Å²) in [5.41, 5.74) is 0. The van der Waals surface area contributed by atoms with E-state index in [0.29, 0.717) is 18.5 Å². The number of hydrogen-bond donors (Lipinski definition) is 1. The van der Waals surface area contributed by atoms with Gasteiger partial charge in [-0.25, -0.2) is 8.42 Å². The van der Waals surface area contributed by atoms with E-state index in [-0.39, 0.29) is 5.75 Å². The average Bonchev–Trinajstić information content (AvgIpc) is 2.34. The fourth-order valence-electron chi connectivity index (χ4n) is 2.52. The van der Waals surface area contributed by atoms with E-state index in [4.69, 9.17) is 0 Å². The van der Waals surface area contributed by atoms with Crippen LogP contribution in [0.4, 0.5) is 0 Å². The van der Waals surface area contributed by atoms with Gasteiger partial charge in [0.05, 0.1) is 10.5 Å². The SMILES string of the molecule is CC(C)N(CCS(=O)(=O)C(C)(C)C)CC1CCCNC1. The monoisotopic (exact) mass is 304 g/mol. The van der Waals surface area contributed by atoms with Crippen molar-refractivity contribution in [2.45, 2.75) is 58.2 Å². The molecule has 0 aromatic heterocycles. The molecule has 1 N–H and O–H groups in total. The molecular weight excluding hydrogens is 272 g/mol. The number of piperidine rings is 1. The lowest BCUT2D eigenvalue weighted by molar-refractivity contribution is 0.180. The maximum atomic E-state index is 12.2. The highest BCUT2D eigenvalue weighted by Gasteiger charge is 2.30. The molecule has 0 spiro atoms. The van der Waals surface area contributed by atoms with Gasteiger partial charge in [-0.15, -0.1) is 0 Å². The predicted octanol–water partition coefficient (Wildman–Crippen LogP) is 1.91. The minimum Gasteiger partial charge on any atom is -0.316 e. The van der Waals surface area contributed by atoms with Crippen LogP contribution >= 0.6 is 0 Å². The van der Waals surface area contributed by atoms with E-state index >= 15 is 0 Å². The van der Waals surface area contributed by atoms with Crippen LogP contribution in [0.2, 0.25) is 0 Å². The fourth-order valence-corrected chi connectivity index (χ4v) is 3.60. The van der Waals surface area contributed by atoms with Gasteiger partial charge < -0.3 is 5.32 Å². The third-order valence-corrected chi connectivity index (χ3v) is 6.79. The molecule has 4 nitrogen and oxygen atoms in total. The molecule has 5 heteroatoms. The Labute approximate surface area is 125 Å². The topological polar surface area (TPSA) is 49.4 Å². The molecule has 1 rings (SSSR count). The normalized spacial score (nSPS) is 21.6. The van der Waals surface area contributed by atoms with Gasteiger partial charge in [-0.3, -0.25) is 4.90 Å². The highest BCUT2D eigenvalue weighted by Crippen LogP contribution is 2.18. The first kappa shape index (κ1) is 17.9. The molecule has 1 aliphatic rings. The number of nitrogens with zero attached hydrogens (tertiary/aromatic N) is 1. The van der Waals surface area contributed by atoms with Gasteiger partial charge in [0.25, 0.3) is 0 Å². The quantitative estimate of drug-likeness (QED) is 0.814. The van der Waals surface area contributed by atoms with E-state index in [2.05, 4.69) is 24.1 Å². The van der Waals surface area contributed by atoms with Crippen LogP contribution < -0.4 is 5.32 Å². The molecule has 20 heavy (non-hydrogen) atoms. The van der Waals surface area contributed by atoms with Crippen LogP contribution in [0, 0.1) is 5.92 Å². The zero-order chi connectivity index (χ0) is 15.4. The van der Waals surface area contributed by atoms with Gasteiger partial charge >= 0.3 is 0 Å². The van der Waals surface area contributed by atoms with Crippen molar-refractivity contribution in [2.75, 3.05) is 31.9 Å². The Hall–Kier alpha value is -0.130. The summed E-state index contributed by atoms with van der Waals surface area (Å²) < 4.78 is 23.8. The molecule has 1 unspecified atom stereocenters. The lowest BCUT2D eigenvalue weighted by atomic mass is 9.98. The van der Waals surface area contributed by atoms with Gasteiger partial charge in [0.2, 0.25) is 0 Å². The summed E-state index contributed by atoms with van der Waals surface area (Å²) in [6.45, 7) is 13.5. The average molecular weight is 305 g/mol. The number of hydrogen-bond acceptors (Lipinski definition) is 4. The van der Waals surface area contributed by atoms with Gasteiger partial charge in [0.15, 0.2) is 9.84 Å². The Morgan fingerprint density at radius 1 is 1.30 bits per heavy atom. The first-order chi connectivity index (χ1) is 9.13. The summed E-state index contributed by atoms with van der Waals surface area (Å²) in [5.74, 6) is 0.915. The highest BCUT2D eigenvalue weighted by molar-refractivity contribution is 7.92. The minimum absolute atomic E-state index is 0.259. The largest absolute Gasteiger partial charge is 0.316 e. The zero-order valence-corrected chi connectivity index (χ0v) is 14.6. The molecule has 0 bridgehead atoms. The van der Waals surface area contributed by atoms with Crippen LogP contribution in [0.5, 0.6) is 0 Å². The lowest BCUT2D eigenvalue weighted by Gasteiger charge is -2.33. The predicted molar refractivity (Wildman–Crippen MR) is 85.8 cm³/mol. The number of rotatable bonds is 6. The van der Waals surface area contributed by atoms with Crippen LogP contribution in [-0.4, -0.2) is 56.0 Å². The second kappa shape index (κ2) is 7.23. The number of sulfone groups is 1. The third-order valence-electron chi connectivity index (χ3n) is 4.20. The summed E-state index contributed by atoms with van der Waals surface area (Å²) in [4.78, 5) is 2.32. The van der Waals surface area contributed by atoms with Crippen LogP contribution in [0.1, 0.15) is 47.5 Å². The molecule has 120 valence electrons. The lowest BCUT2D eigenvalue weighted by Crippen LogP contribution is -2.44. The fraction of sp³-hybridized carbons (Fsp3) is 1.00. The first-order valence-electron chi connectivity index (χ1n) is 7.80. The van der Waals surface area contributed by atoms with Crippen molar-refractivity contribution in [3.63, 3.8) is 0 Å². The Morgan fingerprint density at radius 2 is 1.95 bits per heavy atom. The zero-order valence-electron chi connectivity index (χ0n) is 13.8. The van der Waals surface area contributed by atoms with Crippen molar-refractivity contribution < 1.29 is 8.42 Å². The molecule has 0 aliphatic carbocycles. The van der Waals surface area contributed by atoms with Crippen LogP contribution in [-0.2, 0) is 9.84 Å². The van der Waals surface area contributed by atoms with E-state index in [0.717, 1.165) is 19.6 Å². The molecule has 1 atom stereocenters. The highest BCUT2D eigenvalue weighted by atomic mass is 32.2. The maximum Gasteiger partial charge on any atom is 0.156 e. The molecule has 0 saturated carbocycles. The summed E-state index contributed by atoms with van der Waals surface area (Å²) in [7, 11) is -3.02. The minimum atomic E-state index is -3.02. The molecule has 1 saturated heterocycles. The van der Waals surface area contributed by atoms with Gasteiger partial charge in [-0.05, 0) is 66.5 Å². The number of nitrogens with one attached hydrogen (secondary N) is 1. The van der Waals surface area contributed by atoms with Gasteiger partial charge in [0, 0.05) is 19.1 Å². The molecule has 1 aliphatic heterocycles. The van der Waals surface area contributed by atoms with Crippen LogP contribution in [0.15, 0.2) is 0 Å². The van der Waals surface area contributed by atoms with Crippen molar-refractivity contribution in [3.05, 3.63) is 0 Å². The van der Waals surface area contributed by atoms with E-state index < -0.39 is 14.6 Å². The van der Waals surface area contributed by atoms with Crippen molar-refractivity contribution >= 4 is 9.84 Å². The summed E-state index contributed by atoms with van der Waals surface area (Å²) >= 11 is 0. The standard InChI is InChI=1S/C15H32N2O2S/c1-13(2)17(12-14-7-6-8-16-11-14)9-10-20(18,19)15(3,4)5/h13-14,16H,6-12H2,1-5H3. The summed E-state index contributed by atoms with van der Waals surface area (Å²) in [6.07, 6.45) is 2.49. The summed E-state index contributed by atoms with van der Waals surface area (Å²) in [5, 5.41) is 3.43. The van der Waals surface area contributed by atoms with Gasteiger partial charge in [0.1, 0.15) is 0 Å². The van der Waals surface area contributed by atoms with Crippen molar-refractivity contribution in [1.29, 1.82) is 0 Å². The van der Waals surface area contributed by atoms with E-state index in [1.165, 1.54) is 12.8 Å². The van der Waals surface area contributed by atoms with Crippen LogP contribution in [0.3, 0.4) is 0 Å². The molecule has 0 aromatic carbocycles. The van der Waals surface area contributed by atoms with E-state index in [1.807, 2.05) is 0 Å². The maximum absolute atomic E-state index is 12.2. The molecule has 1 heterocycles. The first-order valence-corrected chi connectivity index (χ1v) is 9.46. The Kier molecular flexibility index (Phi) is 6.48. The summed E-state index contributed by atoms with van der Waals surface area (Å²) in [6, 6.07) is 0.395. The van der Waals surface area contributed by atoms with Gasteiger partial charge in [-0.2, -0.15) is 0 Å². The molecule has 0 radical (unpaired) electrons. The van der Waals surface area contributed by atoms with Crippen molar-refractivity contribution in [2.24, 2.45) is 5.92 Å². The third kappa shape index (κ3) is 5.34. The van der Waals surface area contributed by atoms with E-state index in [9.17, 15) is 8.42 Å². The Bertz CT molecular complexity index is 379. The Morgan fingerprint density at radius 3 is 2.40 bits per heavy atom. The van der Waals surface area contributed by atoms with Gasteiger partial charge in [-0.1, -0.05) is 0 Å². The molecular formula is C15H32N2O2S. The van der Waals surface area contributed by atoms with Crippen LogP contribution in [0.25, 0.3) is 0 Å². The van der Waals surface area contributed by atoms with Crippen molar-refractivity contribution in [3.8, 4) is 0 Å². The Balaban J connectivity index is 2.55. The molecule has 1 fully saturated rings. The second-order valence-electron chi connectivity index (χ2n) is 7.23. The van der Waals surface area contributed by atoms with E-state index in [1.54, 1.807) is 20.8 Å².